The maximum absolute atomic E-state index is 13.9. The van der Waals surface area contributed by atoms with Crippen molar-refractivity contribution >= 4 is 22.2 Å². The lowest BCUT2D eigenvalue weighted by atomic mass is 10.3. The van der Waals surface area contributed by atoms with Crippen molar-refractivity contribution in [1.82, 2.24) is 18.7 Å². The Bertz CT molecular complexity index is 991. The van der Waals surface area contributed by atoms with Gasteiger partial charge >= 0.3 is 0 Å². The van der Waals surface area contributed by atoms with E-state index in [0.29, 0.717) is 44.2 Å². The summed E-state index contributed by atoms with van der Waals surface area (Å²) in [4.78, 5) is 0.906. The molecule has 7 nitrogen and oxygen atoms in total. The molecule has 1 N–H and O–H groups in total. The topological polar surface area (TPSA) is 64.6 Å². The van der Waals surface area contributed by atoms with Crippen molar-refractivity contribution in [1.29, 1.82) is 0 Å². The van der Waals surface area contributed by atoms with E-state index in [0.717, 1.165) is 11.9 Å². The van der Waals surface area contributed by atoms with E-state index in [2.05, 4.69) is 11.7 Å². The summed E-state index contributed by atoms with van der Waals surface area (Å²) in [6.07, 6.45) is 1.77. The summed E-state index contributed by atoms with van der Waals surface area (Å²) in [5.74, 6) is 0.0990. The molecular formula is C17H23FN5O2S2+. The van der Waals surface area contributed by atoms with E-state index < -0.39 is 15.8 Å². The third-order valence-electron chi connectivity index (χ3n) is 4.68. The normalized spacial score (nSPS) is 16.5. The van der Waals surface area contributed by atoms with Gasteiger partial charge in [-0.1, -0.05) is 18.2 Å². The Morgan fingerprint density at radius 1 is 1.33 bits per heavy atom. The summed E-state index contributed by atoms with van der Waals surface area (Å²) in [5, 5.41) is 4.48. The molecule has 1 saturated heterocycles. The minimum atomic E-state index is -3.82. The number of benzene rings is 1. The van der Waals surface area contributed by atoms with Gasteiger partial charge in [0, 0.05) is 6.54 Å². The number of sulfonamides is 1. The van der Waals surface area contributed by atoms with Crippen LogP contribution in [0.1, 0.15) is 5.82 Å². The number of rotatable bonds is 6. The third-order valence-corrected chi connectivity index (χ3v) is 7.04. The number of quaternary nitrogens is 1. The van der Waals surface area contributed by atoms with Crippen LogP contribution in [0, 0.1) is 17.5 Å². The van der Waals surface area contributed by atoms with Crippen LogP contribution in [0.25, 0.3) is 0 Å². The molecule has 0 aliphatic carbocycles. The largest absolute Gasteiger partial charge is 0.314 e. The van der Waals surface area contributed by atoms with Crippen LogP contribution in [0.5, 0.6) is 0 Å². The average molecular weight is 413 g/mol. The molecule has 1 aliphatic heterocycles. The maximum atomic E-state index is 13.9. The summed E-state index contributed by atoms with van der Waals surface area (Å²) in [6, 6.07) is 5.48. The number of allylic oxidation sites excluding steroid dienone is 1. The highest BCUT2D eigenvalue weighted by atomic mass is 32.2. The first-order chi connectivity index (χ1) is 12.8. The van der Waals surface area contributed by atoms with Gasteiger partial charge in [-0.2, -0.15) is 14.1 Å². The van der Waals surface area contributed by atoms with Crippen LogP contribution in [0.3, 0.4) is 0 Å². The highest BCUT2D eigenvalue weighted by Crippen LogP contribution is 2.18. The maximum Gasteiger partial charge on any atom is 0.246 e. The molecule has 10 heteroatoms. The van der Waals surface area contributed by atoms with Crippen LogP contribution in [-0.4, -0.2) is 53.2 Å². The van der Waals surface area contributed by atoms with E-state index in [1.165, 1.54) is 27.4 Å². The molecule has 0 amide bonds. The number of piperazine rings is 1. The molecule has 2 aromatic rings. The third kappa shape index (κ3) is 4.03. The second-order valence-corrected chi connectivity index (χ2v) is 8.74. The number of halogens is 1. The van der Waals surface area contributed by atoms with Crippen LogP contribution in [0.2, 0.25) is 0 Å². The molecule has 0 radical (unpaired) electrons. The number of nitrogens with one attached hydrogen (secondary N) is 1. The van der Waals surface area contributed by atoms with Crippen molar-refractivity contribution in [3.05, 3.63) is 53.3 Å². The van der Waals surface area contributed by atoms with E-state index in [4.69, 9.17) is 12.2 Å². The molecular weight excluding hydrogens is 389 g/mol. The number of aromatic nitrogens is 3. The summed E-state index contributed by atoms with van der Waals surface area (Å²) in [6.45, 7) is 8.64. The summed E-state index contributed by atoms with van der Waals surface area (Å²) in [7, 11) is -3.82. The van der Waals surface area contributed by atoms with Crippen molar-refractivity contribution < 1.29 is 17.7 Å². The van der Waals surface area contributed by atoms with Gasteiger partial charge in [0.1, 0.15) is 16.5 Å². The summed E-state index contributed by atoms with van der Waals surface area (Å²) >= 11 is 5.46. The van der Waals surface area contributed by atoms with Crippen LogP contribution in [-0.2, 0) is 23.2 Å². The lowest BCUT2D eigenvalue weighted by Crippen LogP contribution is -3.14. The summed E-state index contributed by atoms with van der Waals surface area (Å²) < 4.78 is 44.9. The Kier molecular flexibility index (Phi) is 5.89. The molecule has 0 atom stereocenters. The molecule has 1 aromatic heterocycles. The van der Waals surface area contributed by atoms with Gasteiger partial charge in [-0.25, -0.2) is 12.8 Å². The lowest BCUT2D eigenvalue weighted by Gasteiger charge is -2.31. The monoisotopic (exact) mass is 412 g/mol. The van der Waals surface area contributed by atoms with Crippen molar-refractivity contribution in [3.63, 3.8) is 0 Å². The van der Waals surface area contributed by atoms with Gasteiger partial charge in [0.2, 0.25) is 14.8 Å². The number of nitrogens with zero attached hydrogens (tertiary/aromatic N) is 4. The first kappa shape index (κ1) is 19.9. The first-order valence-corrected chi connectivity index (χ1v) is 10.5. The lowest BCUT2D eigenvalue weighted by molar-refractivity contribution is -0.926. The Labute approximate surface area is 163 Å². The zero-order chi connectivity index (χ0) is 19.6. The van der Waals surface area contributed by atoms with Gasteiger partial charge < -0.3 is 9.47 Å². The number of aryl methyl sites for hydroxylation is 1. The van der Waals surface area contributed by atoms with E-state index in [9.17, 15) is 12.8 Å². The fourth-order valence-electron chi connectivity index (χ4n) is 3.20. The van der Waals surface area contributed by atoms with Crippen LogP contribution >= 0.6 is 12.2 Å². The minimum Gasteiger partial charge on any atom is -0.314 e. The predicted octanol–water partition coefficient (Wildman–Crippen LogP) is 0.595. The average Bonchev–Trinajstić information content (AvgIpc) is 2.90. The Morgan fingerprint density at radius 2 is 2.00 bits per heavy atom. The van der Waals surface area contributed by atoms with Gasteiger partial charge in [0.15, 0.2) is 6.67 Å². The fourth-order valence-corrected chi connectivity index (χ4v) is 5.02. The first-order valence-electron chi connectivity index (χ1n) is 8.68. The zero-order valence-electron chi connectivity index (χ0n) is 15.1. The van der Waals surface area contributed by atoms with Crippen molar-refractivity contribution in [2.75, 3.05) is 26.2 Å². The van der Waals surface area contributed by atoms with Gasteiger partial charge in [0.25, 0.3) is 0 Å². The van der Waals surface area contributed by atoms with Crippen LogP contribution in [0.15, 0.2) is 41.8 Å². The fraction of sp³-hybridized carbons (Fsp3) is 0.412. The summed E-state index contributed by atoms with van der Waals surface area (Å²) in [5.41, 5.74) is 0. The van der Waals surface area contributed by atoms with E-state index in [-0.39, 0.29) is 4.90 Å². The smallest absolute Gasteiger partial charge is 0.246 e. The molecule has 3 rings (SSSR count). The molecule has 1 aliphatic rings. The van der Waals surface area contributed by atoms with Crippen molar-refractivity contribution in [2.24, 2.45) is 0 Å². The van der Waals surface area contributed by atoms with Gasteiger partial charge in [-0.3, -0.25) is 0 Å². The highest BCUT2D eigenvalue weighted by Gasteiger charge is 2.32. The second kappa shape index (κ2) is 8.01. The molecule has 2 heterocycles. The molecule has 0 unspecified atom stereocenters. The molecule has 0 bridgehead atoms. The predicted molar refractivity (Wildman–Crippen MR) is 102 cm³/mol. The van der Waals surface area contributed by atoms with Crippen molar-refractivity contribution in [3.8, 4) is 0 Å². The second-order valence-electron chi connectivity index (χ2n) is 6.47. The standard InChI is InChI=1S/C17H22FN5O2S2/c1-3-8-22-14(2)19-23(17(22)26)13-20-9-11-21(12-10-20)27(24,25)16-7-5-4-6-15(16)18/h3-7H,1,8-13H2,2H3/p+1. The van der Waals surface area contributed by atoms with Gasteiger partial charge in [0.05, 0.1) is 26.2 Å². The molecule has 0 saturated carbocycles. The van der Waals surface area contributed by atoms with Gasteiger partial charge in [-0.15, -0.1) is 6.58 Å². The number of hydrogen-bond acceptors (Lipinski definition) is 4. The van der Waals surface area contributed by atoms with Gasteiger partial charge in [-0.05, 0) is 31.3 Å². The molecule has 27 heavy (non-hydrogen) atoms. The quantitative estimate of drug-likeness (QED) is 0.557. The molecule has 1 fully saturated rings. The van der Waals surface area contributed by atoms with Crippen molar-refractivity contribution in [2.45, 2.75) is 25.0 Å². The molecule has 1 aromatic carbocycles. The van der Waals surface area contributed by atoms with Crippen LogP contribution in [0.4, 0.5) is 4.39 Å². The van der Waals surface area contributed by atoms with E-state index in [1.54, 1.807) is 10.8 Å². The molecule has 146 valence electrons. The van der Waals surface area contributed by atoms with E-state index in [1.807, 2.05) is 11.5 Å². The Balaban J connectivity index is 1.68. The zero-order valence-corrected chi connectivity index (χ0v) is 16.8. The highest BCUT2D eigenvalue weighted by molar-refractivity contribution is 7.89. The number of hydrogen-bond donors (Lipinski definition) is 1. The minimum absolute atomic E-state index is 0.269. The van der Waals surface area contributed by atoms with Crippen LogP contribution < -0.4 is 4.90 Å². The Hall–Kier alpha value is -1.88. The van der Waals surface area contributed by atoms with E-state index >= 15 is 0 Å². The Morgan fingerprint density at radius 3 is 2.63 bits per heavy atom. The SMILES string of the molecule is C=CCn1c(C)nn(C[NH+]2CCN(S(=O)(=O)c3ccccc3F)CC2)c1=S. The molecule has 0 spiro atoms.